The lowest BCUT2D eigenvalue weighted by Crippen LogP contribution is -2.43. The van der Waals surface area contributed by atoms with Gasteiger partial charge in [-0.1, -0.05) is 13.8 Å². The minimum absolute atomic E-state index is 0.180. The number of aliphatic carboxylic acids is 1. The van der Waals surface area contributed by atoms with Crippen LogP contribution in [0.25, 0.3) is 21.3 Å². The lowest BCUT2D eigenvalue weighted by Gasteiger charge is -2.44. The quantitative estimate of drug-likeness (QED) is 0.226. The van der Waals surface area contributed by atoms with E-state index < -0.39 is 34.8 Å². The number of carboxylic acids is 1. The molecule has 0 saturated heterocycles. The maximum absolute atomic E-state index is 13.1. The van der Waals surface area contributed by atoms with Gasteiger partial charge in [0.25, 0.3) is 0 Å². The number of hydrogen-bond donors (Lipinski definition) is 4. The van der Waals surface area contributed by atoms with E-state index >= 15 is 0 Å². The van der Waals surface area contributed by atoms with Gasteiger partial charge < -0.3 is 15.5 Å². The smallest absolute Gasteiger partial charge is 0.433 e. The Kier molecular flexibility index (Phi) is 6.62. The highest BCUT2D eigenvalue weighted by atomic mass is 32.1. The number of halogens is 3. The zero-order chi connectivity index (χ0) is 28.2. The molecule has 0 radical (unpaired) electrons. The van der Waals surface area contributed by atoms with E-state index in [1.165, 1.54) is 11.3 Å². The summed E-state index contributed by atoms with van der Waals surface area (Å²) in [6, 6.07) is 4.25. The van der Waals surface area contributed by atoms with Crippen LogP contribution in [0.5, 0.6) is 0 Å². The predicted molar refractivity (Wildman–Crippen MR) is 139 cm³/mol. The summed E-state index contributed by atoms with van der Waals surface area (Å²) in [6.07, 6.45) is 1.24. The number of benzene rings is 1. The van der Waals surface area contributed by atoms with Crippen LogP contribution in [0.15, 0.2) is 36.8 Å². The monoisotopic (exact) mass is 560 g/mol. The highest BCUT2D eigenvalue weighted by molar-refractivity contribution is 7.15. The van der Waals surface area contributed by atoms with Crippen LogP contribution in [0.2, 0.25) is 0 Å². The van der Waals surface area contributed by atoms with Crippen molar-refractivity contribution in [3.05, 3.63) is 47.5 Å². The Morgan fingerprint density at radius 2 is 1.97 bits per heavy atom. The molecule has 5 rings (SSSR count). The summed E-state index contributed by atoms with van der Waals surface area (Å²) in [4.78, 5) is 24.4. The van der Waals surface area contributed by atoms with Crippen molar-refractivity contribution in [2.24, 2.45) is 17.3 Å². The standard InChI is InChI=1S/C26H27F3N6O3S/c1-24(2)10-14(4-5-17(24)21(36)37)25(3,38)22-31-12-18(39-22)16-9-15(8-13-11-32-35-20(13)16)33-23-30-7-6-19(34-23)26(27,28)29/h6-9,11-12,14,17,38H,4-5,10H2,1-3H3,(H,32,35)(H,36,37)(H,30,33,34)/t14-,17+,25-/m0/s1. The zero-order valence-corrected chi connectivity index (χ0v) is 22.2. The van der Waals surface area contributed by atoms with Gasteiger partial charge in [-0.05, 0) is 55.7 Å². The number of nitrogens with zero attached hydrogens (tertiary/aromatic N) is 4. The van der Waals surface area contributed by atoms with E-state index in [-0.39, 0.29) is 11.9 Å². The Balaban J connectivity index is 1.45. The average molecular weight is 561 g/mol. The van der Waals surface area contributed by atoms with Gasteiger partial charge in [0, 0.05) is 29.0 Å². The van der Waals surface area contributed by atoms with Gasteiger partial charge in [0.05, 0.1) is 22.5 Å². The largest absolute Gasteiger partial charge is 0.481 e. The van der Waals surface area contributed by atoms with Crippen LogP contribution >= 0.6 is 11.3 Å². The van der Waals surface area contributed by atoms with E-state index in [0.29, 0.717) is 51.3 Å². The Labute approximate surface area is 225 Å². The summed E-state index contributed by atoms with van der Waals surface area (Å²) < 4.78 is 39.3. The van der Waals surface area contributed by atoms with Gasteiger partial charge in [0.2, 0.25) is 5.95 Å². The van der Waals surface area contributed by atoms with Crippen molar-refractivity contribution < 1.29 is 28.2 Å². The third-order valence-electron chi connectivity index (χ3n) is 7.57. The van der Waals surface area contributed by atoms with Gasteiger partial charge in [-0.2, -0.15) is 18.3 Å². The Hall–Kier alpha value is -3.58. The number of alkyl halides is 3. The van der Waals surface area contributed by atoms with Crippen molar-refractivity contribution in [2.75, 3.05) is 5.32 Å². The van der Waals surface area contributed by atoms with Crippen molar-refractivity contribution in [1.29, 1.82) is 0 Å². The normalized spacial score (nSPS) is 21.0. The zero-order valence-electron chi connectivity index (χ0n) is 21.4. The lowest BCUT2D eigenvalue weighted by atomic mass is 9.62. The van der Waals surface area contributed by atoms with Gasteiger partial charge in [0.1, 0.15) is 16.3 Å². The van der Waals surface area contributed by atoms with Crippen LogP contribution in [0.4, 0.5) is 24.8 Å². The van der Waals surface area contributed by atoms with E-state index in [1.54, 1.807) is 31.5 Å². The summed E-state index contributed by atoms with van der Waals surface area (Å²) in [6.45, 7) is 5.55. The molecule has 3 aromatic heterocycles. The number of aromatic nitrogens is 5. The molecule has 1 aromatic carbocycles. The molecule has 0 spiro atoms. The molecule has 1 saturated carbocycles. The molecule has 4 N–H and O–H groups in total. The van der Waals surface area contributed by atoms with Crippen molar-refractivity contribution in [2.45, 2.75) is 51.8 Å². The Morgan fingerprint density at radius 3 is 2.67 bits per heavy atom. The maximum Gasteiger partial charge on any atom is 0.433 e. The highest BCUT2D eigenvalue weighted by Gasteiger charge is 2.47. The summed E-state index contributed by atoms with van der Waals surface area (Å²) in [7, 11) is 0. The topological polar surface area (TPSA) is 137 Å². The second kappa shape index (κ2) is 9.56. The number of carboxylic acid groups (broad SMARTS) is 1. The summed E-state index contributed by atoms with van der Waals surface area (Å²) in [5.41, 5.74) is -0.976. The van der Waals surface area contributed by atoms with Gasteiger partial charge in [-0.3, -0.25) is 9.89 Å². The Bertz CT molecular complexity index is 1530. The Morgan fingerprint density at radius 1 is 1.21 bits per heavy atom. The minimum Gasteiger partial charge on any atom is -0.481 e. The third-order valence-corrected chi connectivity index (χ3v) is 8.83. The van der Waals surface area contributed by atoms with Crippen LogP contribution in [-0.2, 0) is 16.6 Å². The van der Waals surface area contributed by atoms with Crippen molar-refractivity contribution in [3.8, 4) is 10.4 Å². The lowest BCUT2D eigenvalue weighted by molar-refractivity contribution is -0.151. The van der Waals surface area contributed by atoms with E-state index in [0.717, 1.165) is 12.3 Å². The van der Waals surface area contributed by atoms with Gasteiger partial charge >= 0.3 is 12.1 Å². The number of hydrogen-bond acceptors (Lipinski definition) is 8. The summed E-state index contributed by atoms with van der Waals surface area (Å²) in [5.74, 6) is -1.67. The first-order valence-corrected chi connectivity index (χ1v) is 13.1. The number of H-pyrrole nitrogens is 1. The maximum atomic E-state index is 13.1. The fraction of sp³-hybridized carbons (Fsp3) is 0.423. The van der Waals surface area contributed by atoms with E-state index in [9.17, 15) is 28.2 Å². The van der Waals surface area contributed by atoms with Crippen molar-refractivity contribution in [3.63, 3.8) is 0 Å². The number of anilines is 2. The second-order valence-corrected chi connectivity index (χ2v) is 11.8. The number of thiazole rings is 1. The molecule has 4 aromatic rings. The number of aliphatic hydroxyl groups is 1. The number of fused-ring (bicyclic) bond motifs is 1. The summed E-state index contributed by atoms with van der Waals surface area (Å²) >= 11 is 1.30. The predicted octanol–water partition coefficient (Wildman–Crippen LogP) is 5.97. The number of rotatable bonds is 6. The molecule has 3 atom stereocenters. The van der Waals surface area contributed by atoms with Crippen LogP contribution in [0, 0.1) is 17.3 Å². The van der Waals surface area contributed by atoms with Crippen LogP contribution in [0.1, 0.15) is 50.7 Å². The average Bonchev–Trinajstić information content (AvgIpc) is 3.53. The molecule has 0 unspecified atom stereocenters. The fourth-order valence-corrected chi connectivity index (χ4v) is 6.48. The molecule has 0 amide bonds. The van der Waals surface area contributed by atoms with Crippen molar-refractivity contribution >= 4 is 39.8 Å². The van der Waals surface area contributed by atoms with E-state index in [4.69, 9.17) is 0 Å². The van der Waals surface area contributed by atoms with Crippen LogP contribution in [-0.4, -0.2) is 41.3 Å². The highest BCUT2D eigenvalue weighted by Crippen LogP contribution is 2.50. The molecular formula is C26H27F3N6O3S. The molecule has 9 nitrogen and oxygen atoms in total. The van der Waals surface area contributed by atoms with Crippen molar-refractivity contribution in [1.82, 2.24) is 25.1 Å². The molecule has 1 aliphatic rings. The van der Waals surface area contributed by atoms with Crippen LogP contribution < -0.4 is 5.32 Å². The van der Waals surface area contributed by atoms with Gasteiger partial charge in [0.15, 0.2) is 0 Å². The molecule has 1 fully saturated rings. The first kappa shape index (κ1) is 27.0. The fourth-order valence-electron chi connectivity index (χ4n) is 5.41. The summed E-state index contributed by atoms with van der Waals surface area (Å²) in [5, 5.41) is 32.3. The van der Waals surface area contributed by atoms with Gasteiger partial charge in [-0.25, -0.2) is 15.0 Å². The molecule has 1 aliphatic carbocycles. The molecule has 0 aliphatic heterocycles. The first-order chi connectivity index (χ1) is 18.3. The van der Waals surface area contributed by atoms with E-state index in [2.05, 4.69) is 30.5 Å². The third kappa shape index (κ3) is 5.20. The van der Waals surface area contributed by atoms with E-state index in [1.807, 2.05) is 13.8 Å². The molecule has 0 bridgehead atoms. The minimum atomic E-state index is -4.60. The first-order valence-electron chi connectivity index (χ1n) is 12.3. The molecule has 13 heteroatoms. The molecule has 206 valence electrons. The number of carbonyl (C=O) groups is 1. The second-order valence-electron chi connectivity index (χ2n) is 10.8. The molecular weight excluding hydrogens is 533 g/mol. The number of nitrogens with one attached hydrogen (secondary N) is 2. The molecule has 3 heterocycles. The van der Waals surface area contributed by atoms with Gasteiger partial charge in [-0.15, -0.1) is 11.3 Å². The number of aromatic amines is 1. The molecule has 39 heavy (non-hydrogen) atoms. The van der Waals surface area contributed by atoms with Crippen LogP contribution in [0.3, 0.4) is 0 Å². The SMILES string of the molecule is CC1(C)C[C@@H]([C@](C)(O)c2ncc(-c3cc(Nc4nccc(C(F)(F)F)n4)cc4cn[nH]c34)s2)CC[C@@H]1C(=O)O.